The minimum atomic E-state index is -0.694. The molecule has 0 saturated heterocycles. The zero-order chi connectivity index (χ0) is 22.4. The van der Waals surface area contributed by atoms with E-state index in [1.165, 1.54) is 4.90 Å². The maximum absolute atomic E-state index is 13.1. The average Bonchev–Trinajstić information content (AvgIpc) is 3.25. The molecular formula is C23H25Cl2IN2O3. The summed E-state index contributed by atoms with van der Waals surface area (Å²) < 4.78 is 6.75. The van der Waals surface area contributed by atoms with Gasteiger partial charge in [-0.1, -0.05) is 42.1 Å². The van der Waals surface area contributed by atoms with E-state index < -0.39 is 6.04 Å². The van der Waals surface area contributed by atoms with Crippen molar-refractivity contribution in [3.05, 3.63) is 61.6 Å². The normalized spacial score (nSPS) is 14.8. The van der Waals surface area contributed by atoms with Crippen LogP contribution in [-0.4, -0.2) is 35.4 Å². The van der Waals surface area contributed by atoms with Gasteiger partial charge < -0.3 is 15.0 Å². The molecule has 1 N–H and O–H groups in total. The van der Waals surface area contributed by atoms with Crippen LogP contribution >= 0.6 is 45.8 Å². The summed E-state index contributed by atoms with van der Waals surface area (Å²) in [4.78, 5) is 27.5. The molecule has 0 bridgehead atoms. The van der Waals surface area contributed by atoms with Gasteiger partial charge in [0, 0.05) is 31.8 Å². The Hall–Kier alpha value is -1.51. The van der Waals surface area contributed by atoms with Gasteiger partial charge in [0.1, 0.15) is 11.8 Å². The van der Waals surface area contributed by atoms with E-state index in [0.29, 0.717) is 21.4 Å². The van der Waals surface area contributed by atoms with Crippen molar-refractivity contribution in [1.82, 2.24) is 10.2 Å². The van der Waals surface area contributed by atoms with Crippen LogP contribution in [0.1, 0.15) is 38.2 Å². The Bertz CT molecular complexity index is 897. The summed E-state index contributed by atoms with van der Waals surface area (Å²) in [7, 11) is 0. The van der Waals surface area contributed by atoms with Crippen LogP contribution in [0.25, 0.3) is 0 Å². The summed E-state index contributed by atoms with van der Waals surface area (Å²) in [5, 5.41) is 3.97. The van der Waals surface area contributed by atoms with E-state index in [1.807, 2.05) is 12.1 Å². The van der Waals surface area contributed by atoms with Crippen LogP contribution in [0.5, 0.6) is 5.75 Å². The second-order valence-corrected chi connectivity index (χ2v) is 9.69. The second-order valence-electron chi connectivity index (χ2n) is 7.63. The Morgan fingerprint density at radius 1 is 1.13 bits per heavy atom. The molecule has 1 saturated carbocycles. The zero-order valence-corrected chi connectivity index (χ0v) is 20.9. The molecule has 2 aromatic rings. The van der Waals surface area contributed by atoms with Gasteiger partial charge in [-0.15, -0.1) is 0 Å². The molecule has 0 spiro atoms. The monoisotopic (exact) mass is 574 g/mol. The number of ether oxygens (including phenoxy) is 1. The van der Waals surface area contributed by atoms with Gasteiger partial charge in [-0.25, -0.2) is 0 Å². The Balaban J connectivity index is 1.75. The van der Waals surface area contributed by atoms with Crippen molar-refractivity contribution in [2.24, 2.45) is 0 Å². The van der Waals surface area contributed by atoms with E-state index in [4.69, 9.17) is 27.9 Å². The molecule has 166 valence electrons. The Kier molecular flexibility index (Phi) is 8.86. The molecule has 5 nitrogen and oxygen atoms in total. The lowest BCUT2D eigenvalue weighted by molar-refractivity contribution is -0.142. The highest BCUT2D eigenvalue weighted by molar-refractivity contribution is 14.1. The SMILES string of the molecule is C[C@@H](C(=O)NC1CCCC1)N(Cc1c(Cl)cccc1Cl)C(=O)COc1ccc(I)cc1. The van der Waals surface area contributed by atoms with E-state index in [0.717, 1.165) is 29.3 Å². The number of carbonyl (C=O) groups is 2. The Morgan fingerprint density at radius 2 is 1.74 bits per heavy atom. The van der Waals surface area contributed by atoms with Crippen LogP contribution in [-0.2, 0) is 16.1 Å². The molecule has 3 rings (SSSR count). The van der Waals surface area contributed by atoms with Gasteiger partial charge in [0.25, 0.3) is 5.91 Å². The summed E-state index contributed by atoms with van der Waals surface area (Å²) in [5.74, 6) is 0.0915. The summed E-state index contributed by atoms with van der Waals surface area (Å²) in [6.45, 7) is 1.65. The van der Waals surface area contributed by atoms with Crippen molar-refractivity contribution in [3.63, 3.8) is 0 Å². The molecule has 2 aromatic carbocycles. The average molecular weight is 575 g/mol. The number of carbonyl (C=O) groups excluding carboxylic acids is 2. The standard InChI is InChI=1S/C23H25Cl2IN2O3/c1-15(23(30)27-17-5-2-3-6-17)28(13-19-20(24)7-4-8-21(19)25)22(29)14-31-18-11-9-16(26)10-12-18/h4,7-12,15,17H,2-3,5-6,13-14H2,1H3,(H,27,30)/t15-/m0/s1. The lowest BCUT2D eigenvalue weighted by Gasteiger charge is -2.30. The van der Waals surface area contributed by atoms with Crippen molar-refractivity contribution in [3.8, 4) is 5.75 Å². The first-order valence-corrected chi connectivity index (χ1v) is 12.1. The third-order valence-electron chi connectivity index (χ3n) is 5.43. The van der Waals surface area contributed by atoms with Crippen molar-refractivity contribution in [2.45, 2.75) is 51.2 Å². The van der Waals surface area contributed by atoms with Gasteiger partial charge in [-0.3, -0.25) is 9.59 Å². The van der Waals surface area contributed by atoms with Crippen molar-refractivity contribution in [1.29, 1.82) is 0 Å². The van der Waals surface area contributed by atoms with Gasteiger partial charge in [0.15, 0.2) is 6.61 Å². The van der Waals surface area contributed by atoms with E-state index in [-0.39, 0.29) is 31.0 Å². The largest absolute Gasteiger partial charge is 0.484 e. The lowest BCUT2D eigenvalue weighted by atomic mass is 10.1. The van der Waals surface area contributed by atoms with Gasteiger partial charge >= 0.3 is 0 Å². The smallest absolute Gasteiger partial charge is 0.261 e. The number of nitrogens with zero attached hydrogens (tertiary/aromatic N) is 1. The highest BCUT2D eigenvalue weighted by atomic mass is 127. The van der Waals surface area contributed by atoms with Crippen LogP contribution in [0.15, 0.2) is 42.5 Å². The topological polar surface area (TPSA) is 58.6 Å². The van der Waals surface area contributed by atoms with Crippen LogP contribution in [0.2, 0.25) is 10.0 Å². The fourth-order valence-electron chi connectivity index (χ4n) is 3.59. The number of amides is 2. The predicted octanol–water partition coefficient (Wildman–Crippen LogP) is 5.45. The number of rotatable bonds is 8. The number of nitrogens with one attached hydrogen (secondary N) is 1. The molecule has 0 aromatic heterocycles. The molecule has 0 radical (unpaired) electrons. The minimum Gasteiger partial charge on any atom is -0.484 e. The van der Waals surface area contributed by atoms with Gasteiger partial charge in [-0.05, 0) is 78.8 Å². The molecule has 0 heterocycles. The molecule has 1 aliphatic rings. The number of benzene rings is 2. The summed E-state index contributed by atoms with van der Waals surface area (Å²) in [5.41, 5.74) is 0.606. The third kappa shape index (κ3) is 6.73. The minimum absolute atomic E-state index is 0.118. The van der Waals surface area contributed by atoms with E-state index in [2.05, 4.69) is 27.9 Å². The predicted molar refractivity (Wildman–Crippen MR) is 132 cm³/mol. The molecule has 1 fully saturated rings. The number of hydrogen-bond acceptors (Lipinski definition) is 3. The maximum Gasteiger partial charge on any atom is 0.261 e. The molecule has 8 heteroatoms. The van der Waals surface area contributed by atoms with Crippen LogP contribution in [0, 0.1) is 3.57 Å². The van der Waals surface area contributed by atoms with Crippen molar-refractivity contribution >= 4 is 57.6 Å². The molecule has 1 aliphatic carbocycles. The molecular weight excluding hydrogens is 550 g/mol. The summed E-state index contributed by atoms with van der Waals surface area (Å²) in [6.07, 6.45) is 4.17. The van der Waals surface area contributed by atoms with Crippen molar-refractivity contribution in [2.75, 3.05) is 6.61 Å². The molecule has 31 heavy (non-hydrogen) atoms. The van der Waals surface area contributed by atoms with Crippen LogP contribution in [0.4, 0.5) is 0 Å². The fraction of sp³-hybridized carbons (Fsp3) is 0.391. The Labute approximate surface area is 206 Å². The van der Waals surface area contributed by atoms with Gasteiger partial charge in [0.05, 0.1) is 0 Å². The first-order valence-electron chi connectivity index (χ1n) is 10.3. The molecule has 1 atom stereocenters. The van der Waals surface area contributed by atoms with Crippen molar-refractivity contribution < 1.29 is 14.3 Å². The summed E-state index contributed by atoms with van der Waals surface area (Å²) in [6, 6.07) is 12.1. The molecule has 0 aliphatic heterocycles. The van der Waals surface area contributed by atoms with E-state index in [9.17, 15) is 9.59 Å². The number of halogens is 3. The first-order chi connectivity index (χ1) is 14.8. The van der Waals surface area contributed by atoms with Gasteiger partial charge in [-0.2, -0.15) is 0 Å². The quantitative estimate of drug-likeness (QED) is 0.426. The van der Waals surface area contributed by atoms with E-state index >= 15 is 0 Å². The second kappa shape index (κ2) is 11.4. The van der Waals surface area contributed by atoms with Crippen LogP contribution in [0.3, 0.4) is 0 Å². The maximum atomic E-state index is 13.1. The third-order valence-corrected chi connectivity index (χ3v) is 6.86. The summed E-state index contributed by atoms with van der Waals surface area (Å²) >= 11 is 14.9. The fourth-order valence-corrected chi connectivity index (χ4v) is 4.46. The van der Waals surface area contributed by atoms with E-state index in [1.54, 1.807) is 37.3 Å². The lowest BCUT2D eigenvalue weighted by Crippen LogP contribution is -2.50. The molecule has 2 amide bonds. The highest BCUT2D eigenvalue weighted by Crippen LogP contribution is 2.27. The zero-order valence-electron chi connectivity index (χ0n) is 17.2. The highest BCUT2D eigenvalue weighted by Gasteiger charge is 2.29. The number of hydrogen-bond donors (Lipinski definition) is 1. The first kappa shape index (κ1) is 24.1. The van der Waals surface area contributed by atoms with Crippen LogP contribution < -0.4 is 10.1 Å². The molecule has 0 unspecified atom stereocenters. The van der Waals surface area contributed by atoms with Gasteiger partial charge in [0.2, 0.25) is 5.91 Å². The Morgan fingerprint density at radius 3 is 2.35 bits per heavy atom.